The third-order valence-electron chi connectivity index (χ3n) is 4.27. The van der Waals surface area contributed by atoms with E-state index in [0.29, 0.717) is 5.92 Å². The monoisotopic (exact) mass is 275 g/mol. The number of fused-ring (bicyclic) bond motifs is 1. The first-order valence-corrected chi connectivity index (χ1v) is 7.64. The molecule has 4 heteroatoms. The topological polar surface area (TPSA) is 27.7 Å². The van der Waals surface area contributed by atoms with Crippen molar-refractivity contribution in [3.05, 3.63) is 17.7 Å². The van der Waals surface area contributed by atoms with Crippen LogP contribution >= 0.6 is 0 Å². The van der Waals surface area contributed by atoms with E-state index in [0.717, 1.165) is 45.1 Å². The van der Waals surface area contributed by atoms with Crippen LogP contribution in [0.1, 0.15) is 25.3 Å². The summed E-state index contributed by atoms with van der Waals surface area (Å²) in [5.41, 5.74) is 3.92. The molecule has 0 spiro atoms. The Kier molecular flexibility index (Phi) is 3.74. The predicted molar refractivity (Wildman–Crippen MR) is 84.4 cm³/mol. The third kappa shape index (κ3) is 2.44. The Balaban J connectivity index is 2.03. The zero-order valence-corrected chi connectivity index (χ0v) is 12.8. The highest BCUT2D eigenvalue weighted by atomic mass is 16.5. The van der Waals surface area contributed by atoms with E-state index in [1.54, 1.807) is 0 Å². The number of benzene rings is 1. The first-order valence-electron chi connectivity index (χ1n) is 7.64. The van der Waals surface area contributed by atoms with Crippen LogP contribution in [0.3, 0.4) is 0 Å². The van der Waals surface area contributed by atoms with Gasteiger partial charge in [0.2, 0.25) is 0 Å². The van der Waals surface area contributed by atoms with Gasteiger partial charge in [-0.1, -0.05) is 13.8 Å². The van der Waals surface area contributed by atoms with Gasteiger partial charge in [-0.15, -0.1) is 0 Å². The SMILES string of the molecule is CC(C)c1cc(N2CCNCC2)cc2c1OCCN2C. The van der Waals surface area contributed by atoms with Gasteiger partial charge in [-0.05, 0) is 18.1 Å². The van der Waals surface area contributed by atoms with Crippen molar-refractivity contribution in [1.82, 2.24) is 5.32 Å². The molecule has 2 heterocycles. The van der Waals surface area contributed by atoms with Gasteiger partial charge in [0, 0.05) is 44.5 Å². The molecular formula is C16H25N3O. The van der Waals surface area contributed by atoms with E-state index in [9.17, 15) is 0 Å². The molecule has 0 unspecified atom stereocenters. The number of rotatable bonds is 2. The molecule has 0 amide bonds. The van der Waals surface area contributed by atoms with Crippen LogP contribution in [0.5, 0.6) is 5.75 Å². The molecule has 0 aromatic heterocycles. The molecule has 0 aliphatic carbocycles. The van der Waals surface area contributed by atoms with Crippen LogP contribution in [-0.4, -0.2) is 46.4 Å². The molecule has 1 fully saturated rings. The number of piperazine rings is 1. The van der Waals surface area contributed by atoms with Gasteiger partial charge in [0.05, 0.1) is 12.2 Å². The van der Waals surface area contributed by atoms with E-state index in [1.807, 2.05) is 0 Å². The molecule has 2 aliphatic heterocycles. The van der Waals surface area contributed by atoms with Gasteiger partial charge in [0.1, 0.15) is 12.4 Å². The zero-order chi connectivity index (χ0) is 14.1. The Bertz CT molecular complexity index is 464. The minimum atomic E-state index is 0.484. The van der Waals surface area contributed by atoms with Crippen molar-refractivity contribution in [3.63, 3.8) is 0 Å². The summed E-state index contributed by atoms with van der Waals surface area (Å²) in [6.07, 6.45) is 0. The molecular weight excluding hydrogens is 250 g/mol. The standard InChI is InChI=1S/C16H25N3O/c1-12(2)14-10-13(19-6-4-17-5-7-19)11-15-16(14)20-9-8-18(15)3/h10-12,17H,4-9H2,1-3H3. The van der Waals surface area contributed by atoms with Gasteiger partial charge in [-0.25, -0.2) is 0 Å². The van der Waals surface area contributed by atoms with Gasteiger partial charge >= 0.3 is 0 Å². The molecule has 0 bridgehead atoms. The van der Waals surface area contributed by atoms with Crippen molar-refractivity contribution in [2.24, 2.45) is 0 Å². The molecule has 1 aromatic carbocycles. The molecule has 3 rings (SSSR count). The maximum absolute atomic E-state index is 5.96. The number of nitrogens with one attached hydrogen (secondary N) is 1. The second-order valence-corrected chi connectivity index (χ2v) is 6.05. The van der Waals surface area contributed by atoms with E-state index in [-0.39, 0.29) is 0 Å². The van der Waals surface area contributed by atoms with E-state index >= 15 is 0 Å². The summed E-state index contributed by atoms with van der Waals surface area (Å²) in [7, 11) is 2.16. The van der Waals surface area contributed by atoms with Crippen LogP contribution in [0.2, 0.25) is 0 Å². The number of likely N-dealkylation sites (N-methyl/N-ethyl adjacent to an activating group) is 1. The highest BCUT2D eigenvalue weighted by molar-refractivity contribution is 5.71. The first-order chi connectivity index (χ1) is 9.66. The minimum Gasteiger partial charge on any atom is -0.489 e. The van der Waals surface area contributed by atoms with Crippen LogP contribution in [0.25, 0.3) is 0 Å². The number of ether oxygens (including phenoxy) is 1. The number of anilines is 2. The summed E-state index contributed by atoms with van der Waals surface area (Å²) in [6, 6.07) is 4.62. The van der Waals surface area contributed by atoms with E-state index in [4.69, 9.17) is 4.74 Å². The fourth-order valence-electron chi connectivity index (χ4n) is 3.00. The second kappa shape index (κ2) is 5.52. The molecule has 1 aromatic rings. The molecule has 1 saturated heterocycles. The normalized spacial score (nSPS) is 19.0. The van der Waals surface area contributed by atoms with Gasteiger partial charge in [0.15, 0.2) is 0 Å². The summed E-state index contributed by atoms with van der Waals surface area (Å²) in [5, 5.41) is 3.42. The van der Waals surface area contributed by atoms with E-state index in [1.165, 1.54) is 16.9 Å². The van der Waals surface area contributed by atoms with Gasteiger partial charge in [-0.3, -0.25) is 0 Å². The molecule has 4 nitrogen and oxygen atoms in total. The van der Waals surface area contributed by atoms with Crippen molar-refractivity contribution in [3.8, 4) is 5.75 Å². The van der Waals surface area contributed by atoms with Gasteiger partial charge < -0.3 is 19.9 Å². The average Bonchev–Trinajstić information content (AvgIpc) is 2.47. The van der Waals surface area contributed by atoms with Crippen LogP contribution in [0.15, 0.2) is 12.1 Å². The van der Waals surface area contributed by atoms with Gasteiger partial charge in [-0.2, -0.15) is 0 Å². The van der Waals surface area contributed by atoms with Crippen molar-refractivity contribution in [2.45, 2.75) is 19.8 Å². The Morgan fingerprint density at radius 2 is 1.90 bits per heavy atom. The van der Waals surface area contributed by atoms with Crippen LogP contribution < -0.4 is 19.9 Å². The predicted octanol–water partition coefficient (Wildman–Crippen LogP) is 2.05. The number of nitrogens with zero attached hydrogens (tertiary/aromatic N) is 2. The molecule has 1 N–H and O–H groups in total. The molecule has 110 valence electrons. The quantitative estimate of drug-likeness (QED) is 0.894. The Morgan fingerprint density at radius 1 is 1.15 bits per heavy atom. The summed E-state index contributed by atoms with van der Waals surface area (Å²) in [6.45, 7) is 10.6. The van der Waals surface area contributed by atoms with Crippen molar-refractivity contribution < 1.29 is 4.74 Å². The molecule has 0 radical (unpaired) electrons. The first kappa shape index (κ1) is 13.6. The van der Waals surface area contributed by atoms with Crippen LogP contribution in [-0.2, 0) is 0 Å². The number of hydrogen-bond donors (Lipinski definition) is 1. The summed E-state index contributed by atoms with van der Waals surface area (Å²) < 4.78 is 5.96. The fraction of sp³-hybridized carbons (Fsp3) is 0.625. The smallest absolute Gasteiger partial charge is 0.146 e. The highest BCUT2D eigenvalue weighted by Crippen LogP contribution is 2.41. The maximum Gasteiger partial charge on any atom is 0.146 e. The van der Waals surface area contributed by atoms with Gasteiger partial charge in [0.25, 0.3) is 0 Å². The largest absolute Gasteiger partial charge is 0.489 e. The summed E-state index contributed by atoms with van der Waals surface area (Å²) >= 11 is 0. The average molecular weight is 275 g/mol. The third-order valence-corrected chi connectivity index (χ3v) is 4.27. The maximum atomic E-state index is 5.96. The molecule has 0 atom stereocenters. The lowest BCUT2D eigenvalue weighted by Crippen LogP contribution is -2.43. The molecule has 20 heavy (non-hydrogen) atoms. The zero-order valence-electron chi connectivity index (χ0n) is 12.8. The minimum absolute atomic E-state index is 0.484. The van der Waals surface area contributed by atoms with Crippen LogP contribution in [0, 0.1) is 0 Å². The second-order valence-electron chi connectivity index (χ2n) is 6.05. The Morgan fingerprint density at radius 3 is 2.60 bits per heavy atom. The summed E-state index contributed by atoms with van der Waals surface area (Å²) in [5.74, 6) is 1.57. The van der Waals surface area contributed by atoms with E-state index in [2.05, 4.69) is 48.1 Å². The summed E-state index contributed by atoms with van der Waals surface area (Å²) in [4.78, 5) is 4.79. The van der Waals surface area contributed by atoms with Crippen molar-refractivity contribution in [2.75, 3.05) is 56.2 Å². The molecule has 2 aliphatic rings. The van der Waals surface area contributed by atoms with E-state index < -0.39 is 0 Å². The highest BCUT2D eigenvalue weighted by Gasteiger charge is 2.23. The number of hydrogen-bond acceptors (Lipinski definition) is 4. The lowest BCUT2D eigenvalue weighted by Gasteiger charge is -2.34. The van der Waals surface area contributed by atoms with Crippen molar-refractivity contribution >= 4 is 11.4 Å². The lowest BCUT2D eigenvalue weighted by atomic mass is 9.98. The Labute approximate surface area is 121 Å². The molecule has 0 saturated carbocycles. The van der Waals surface area contributed by atoms with Crippen molar-refractivity contribution in [1.29, 1.82) is 0 Å². The fourth-order valence-corrected chi connectivity index (χ4v) is 3.00. The van der Waals surface area contributed by atoms with Crippen LogP contribution in [0.4, 0.5) is 11.4 Å². The lowest BCUT2D eigenvalue weighted by molar-refractivity contribution is 0.307. The Hall–Kier alpha value is -1.42.